The van der Waals surface area contributed by atoms with E-state index < -0.39 is 0 Å². The maximum atomic E-state index is 11.8. The van der Waals surface area contributed by atoms with Crippen LogP contribution in [0.4, 0.5) is 5.69 Å². The van der Waals surface area contributed by atoms with E-state index in [2.05, 4.69) is 49.4 Å². The number of nitrogens with two attached hydrogens (primary N) is 1. The predicted molar refractivity (Wildman–Crippen MR) is 134 cm³/mol. The van der Waals surface area contributed by atoms with Crippen LogP contribution in [-0.4, -0.2) is 27.4 Å². The quantitative estimate of drug-likeness (QED) is 0.243. The number of halogens is 1. The van der Waals surface area contributed by atoms with E-state index in [1.54, 1.807) is 0 Å². The smallest absolute Gasteiger partial charge is 0.238 e. The number of carbonyl (C=O) groups is 1. The largest absolute Gasteiger partial charge is 0.360 e. The molecule has 0 aliphatic rings. The highest BCUT2D eigenvalue weighted by Crippen LogP contribution is 2.37. The molecule has 0 atom stereocenters. The minimum atomic E-state index is -0.218. The van der Waals surface area contributed by atoms with Crippen molar-refractivity contribution in [2.45, 2.75) is 0 Å². The molecule has 32 heavy (non-hydrogen) atoms. The summed E-state index contributed by atoms with van der Waals surface area (Å²) >= 11 is 3.57. The standard InChI is InChI=1S/C25H18BrN5O/c26-13-5-8-21-19(9-13)20(12-28-21)25-30-23-16-4-2-1-3-15(16)18-10-14(29-22(32)11-27)6-7-17(18)24(23)31-25/h1-10,12,28H,11,27H2,(H,29,32)(H,30,31). The highest BCUT2D eigenvalue weighted by molar-refractivity contribution is 9.10. The van der Waals surface area contributed by atoms with Crippen LogP contribution in [0.25, 0.3) is 54.9 Å². The highest BCUT2D eigenvalue weighted by atomic mass is 79.9. The van der Waals surface area contributed by atoms with Gasteiger partial charge in [0.1, 0.15) is 5.82 Å². The van der Waals surface area contributed by atoms with E-state index in [1.165, 1.54) is 0 Å². The Morgan fingerprint density at radius 2 is 1.81 bits per heavy atom. The Bertz CT molecular complexity index is 1680. The summed E-state index contributed by atoms with van der Waals surface area (Å²) in [6.45, 7) is -0.0531. The molecule has 6 aromatic rings. The molecule has 5 N–H and O–H groups in total. The number of fused-ring (bicyclic) bond motifs is 7. The Balaban J connectivity index is 1.65. The van der Waals surface area contributed by atoms with Gasteiger partial charge < -0.3 is 21.0 Å². The molecule has 6 nitrogen and oxygen atoms in total. The van der Waals surface area contributed by atoms with Crippen molar-refractivity contribution in [3.8, 4) is 11.4 Å². The summed E-state index contributed by atoms with van der Waals surface area (Å²) in [4.78, 5) is 23.7. The Labute approximate surface area is 191 Å². The van der Waals surface area contributed by atoms with Crippen molar-refractivity contribution in [1.82, 2.24) is 15.0 Å². The average molecular weight is 484 g/mol. The number of benzene rings is 4. The number of carbonyl (C=O) groups excluding carboxylic acids is 1. The third-order valence-corrected chi connectivity index (χ3v) is 6.33. The molecule has 2 heterocycles. The second-order valence-electron chi connectivity index (χ2n) is 7.76. The Kier molecular flexibility index (Phi) is 4.28. The molecule has 0 unspecified atom stereocenters. The van der Waals surface area contributed by atoms with Gasteiger partial charge >= 0.3 is 0 Å². The lowest BCUT2D eigenvalue weighted by Gasteiger charge is -2.09. The minimum absolute atomic E-state index is 0.0531. The zero-order valence-electron chi connectivity index (χ0n) is 16.9. The van der Waals surface area contributed by atoms with E-state index in [-0.39, 0.29) is 12.5 Å². The van der Waals surface area contributed by atoms with Crippen molar-refractivity contribution in [3.05, 3.63) is 71.3 Å². The van der Waals surface area contributed by atoms with Crippen molar-refractivity contribution in [1.29, 1.82) is 0 Å². The fourth-order valence-corrected chi connectivity index (χ4v) is 4.74. The van der Waals surface area contributed by atoms with Crippen LogP contribution in [0.1, 0.15) is 0 Å². The molecule has 0 bridgehead atoms. The number of amides is 1. The summed E-state index contributed by atoms with van der Waals surface area (Å²) in [7, 11) is 0. The summed E-state index contributed by atoms with van der Waals surface area (Å²) in [6.07, 6.45) is 1.99. The van der Waals surface area contributed by atoms with E-state index >= 15 is 0 Å². The fourth-order valence-electron chi connectivity index (χ4n) is 4.38. The van der Waals surface area contributed by atoms with Gasteiger partial charge in [0, 0.05) is 43.6 Å². The van der Waals surface area contributed by atoms with Gasteiger partial charge in [-0.05, 0) is 41.1 Å². The lowest BCUT2D eigenvalue weighted by atomic mass is 9.99. The maximum Gasteiger partial charge on any atom is 0.238 e. The fraction of sp³-hybridized carbons (Fsp3) is 0.0400. The summed E-state index contributed by atoms with van der Waals surface area (Å²) in [5, 5.41) is 8.17. The maximum absolute atomic E-state index is 11.8. The van der Waals surface area contributed by atoms with Crippen LogP contribution in [-0.2, 0) is 4.79 Å². The number of anilines is 1. The Hall–Kier alpha value is -3.68. The molecule has 4 aromatic carbocycles. The minimum Gasteiger partial charge on any atom is -0.360 e. The molecular formula is C25H18BrN5O. The normalized spacial score (nSPS) is 11.7. The molecule has 1 amide bonds. The number of hydrogen-bond donors (Lipinski definition) is 4. The van der Waals surface area contributed by atoms with Crippen LogP contribution in [0, 0.1) is 0 Å². The first-order chi connectivity index (χ1) is 15.6. The predicted octanol–water partition coefficient (Wildman–Crippen LogP) is 5.68. The average Bonchev–Trinajstić information content (AvgIpc) is 3.43. The topological polar surface area (TPSA) is 99.6 Å². The number of H-pyrrole nitrogens is 2. The molecule has 0 fully saturated rings. The van der Waals surface area contributed by atoms with Crippen molar-refractivity contribution in [3.63, 3.8) is 0 Å². The molecule has 7 heteroatoms. The summed E-state index contributed by atoms with van der Waals surface area (Å²) in [5.41, 5.74) is 10.1. The molecule has 0 aliphatic carbocycles. The van der Waals surface area contributed by atoms with Crippen molar-refractivity contribution in [2.24, 2.45) is 5.73 Å². The zero-order valence-corrected chi connectivity index (χ0v) is 18.5. The van der Waals surface area contributed by atoms with E-state index in [1.807, 2.05) is 48.7 Å². The van der Waals surface area contributed by atoms with E-state index in [0.717, 1.165) is 65.0 Å². The van der Waals surface area contributed by atoms with Gasteiger partial charge in [-0.1, -0.05) is 46.3 Å². The third kappa shape index (κ3) is 2.90. The molecule has 0 spiro atoms. The molecule has 0 saturated heterocycles. The van der Waals surface area contributed by atoms with Gasteiger partial charge in [-0.3, -0.25) is 4.79 Å². The first kappa shape index (κ1) is 19.0. The lowest BCUT2D eigenvalue weighted by molar-refractivity contribution is -0.114. The van der Waals surface area contributed by atoms with Gasteiger partial charge in [-0.2, -0.15) is 0 Å². The van der Waals surface area contributed by atoms with Crippen LogP contribution < -0.4 is 11.1 Å². The molecule has 6 rings (SSSR count). The van der Waals surface area contributed by atoms with E-state index in [9.17, 15) is 4.79 Å². The Morgan fingerprint density at radius 1 is 0.969 bits per heavy atom. The summed E-state index contributed by atoms with van der Waals surface area (Å²) in [5.74, 6) is 0.589. The zero-order chi connectivity index (χ0) is 21.8. The molecule has 2 aromatic heterocycles. The van der Waals surface area contributed by atoms with Gasteiger partial charge in [0.2, 0.25) is 5.91 Å². The van der Waals surface area contributed by atoms with Gasteiger partial charge in [-0.15, -0.1) is 0 Å². The number of imidazole rings is 1. The monoisotopic (exact) mass is 483 g/mol. The number of hydrogen-bond acceptors (Lipinski definition) is 3. The van der Waals surface area contributed by atoms with Gasteiger partial charge in [0.15, 0.2) is 0 Å². The van der Waals surface area contributed by atoms with Crippen LogP contribution in [0.15, 0.2) is 71.3 Å². The lowest BCUT2D eigenvalue weighted by Crippen LogP contribution is -2.21. The number of aromatic amines is 2. The van der Waals surface area contributed by atoms with Gasteiger partial charge in [0.25, 0.3) is 0 Å². The second-order valence-corrected chi connectivity index (χ2v) is 8.68. The van der Waals surface area contributed by atoms with Crippen molar-refractivity contribution in [2.75, 3.05) is 11.9 Å². The van der Waals surface area contributed by atoms with Gasteiger partial charge in [0.05, 0.1) is 17.6 Å². The van der Waals surface area contributed by atoms with Crippen LogP contribution in [0.5, 0.6) is 0 Å². The van der Waals surface area contributed by atoms with Crippen LogP contribution in [0.3, 0.4) is 0 Å². The first-order valence-electron chi connectivity index (χ1n) is 10.2. The number of nitrogens with one attached hydrogen (secondary N) is 3. The number of rotatable bonds is 3. The summed E-state index contributed by atoms with van der Waals surface area (Å²) < 4.78 is 1.02. The summed E-state index contributed by atoms with van der Waals surface area (Å²) in [6, 6.07) is 20.3. The molecule has 156 valence electrons. The Morgan fingerprint density at radius 3 is 2.66 bits per heavy atom. The molecule has 0 aliphatic heterocycles. The SMILES string of the molecule is NCC(=O)Nc1ccc2c(c1)c1ccccc1c1nc(-c3c[nH]c4ccc(Br)cc34)[nH]c21. The van der Waals surface area contributed by atoms with E-state index in [0.29, 0.717) is 0 Å². The molecule has 0 saturated carbocycles. The number of nitrogens with zero attached hydrogens (tertiary/aromatic N) is 1. The third-order valence-electron chi connectivity index (χ3n) is 5.83. The number of aromatic nitrogens is 3. The van der Waals surface area contributed by atoms with Crippen LogP contribution >= 0.6 is 15.9 Å². The van der Waals surface area contributed by atoms with E-state index in [4.69, 9.17) is 10.7 Å². The molecular weight excluding hydrogens is 466 g/mol. The van der Waals surface area contributed by atoms with Crippen molar-refractivity contribution < 1.29 is 4.79 Å². The van der Waals surface area contributed by atoms with Gasteiger partial charge in [-0.25, -0.2) is 4.98 Å². The second kappa shape index (κ2) is 7.19. The van der Waals surface area contributed by atoms with Crippen LogP contribution in [0.2, 0.25) is 0 Å². The first-order valence-corrected chi connectivity index (χ1v) is 11.0. The highest BCUT2D eigenvalue weighted by Gasteiger charge is 2.16. The molecule has 0 radical (unpaired) electrons. The van der Waals surface area contributed by atoms with Crippen molar-refractivity contribution >= 4 is 71.0 Å².